The Hall–Kier alpha value is -14.3. The molecule has 0 unspecified atom stereocenters. The molecule has 0 N–H and O–H groups in total. The largest absolute Gasteiger partial charge is 0.292 e. The van der Waals surface area contributed by atoms with E-state index in [2.05, 4.69) is 324 Å². The van der Waals surface area contributed by atoms with Gasteiger partial charge < -0.3 is 0 Å². The summed E-state index contributed by atoms with van der Waals surface area (Å²) >= 11 is 0. The number of para-hydroxylation sites is 12. The number of rotatable bonds is 12. The second-order valence-electron chi connectivity index (χ2n) is 27.3. The van der Waals surface area contributed by atoms with Crippen LogP contribution in [0.25, 0.3) is 169 Å². The molecule has 9 heterocycles. The second kappa shape index (κ2) is 26.4. The Kier molecular flexibility index (Phi) is 15.8. The normalized spacial score (nSPS) is 11.6. The minimum absolute atomic E-state index is 0.759. The van der Waals surface area contributed by atoms with Gasteiger partial charge in [0.2, 0.25) is 0 Å². The number of hydrogen-bond acceptors (Lipinski definition) is 9. The maximum absolute atomic E-state index is 5.44. The van der Waals surface area contributed by atoms with Gasteiger partial charge in [0.1, 0.15) is 51.5 Å². The molecule has 20 aromatic rings. The number of aryl methyl sites for hydroxylation is 3. The first-order chi connectivity index (χ1) is 53.1. The first-order valence-electron chi connectivity index (χ1n) is 36.2. The van der Waals surface area contributed by atoms with Gasteiger partial charge in [0.05, 0.1) is 50.2 Å². The molecule has 0 amide bonds. The molecule has 0 aliphatic carbocycles. The van der Waals surface area contributed by atoms with Crippen LogP contribution in [0, 0.1) is 41.5 Å². The number of aromatic nitrogens is 15. The summed E-state index contributed by atoms with van der Waals surface area (Å²) in [6, 6.07) is 100. The van der Waals surface area contributed by atoms with Crippen molar-refractivity contribution in [1.82, 2.24) is 72.3 Å². The van der Waals surface area contributed by atoms with Gasteiger partial charge in [-0.15, -0.1) is 0 Å². The summed E-state index contributed by atoms with van der Waals surface area (Å²) in [5.41, 5.74) is 29.4. The molecule has 9 aromatic heterocycles. The van der Waals surface area contributed by atoms with E-state index in [1.807, 2.05) is 55.0 Å². The van der Waals surface area contributed by atoms with Crippen molar-refractivity contribution in [2.45, 2.75) is 41.5 Å². The molecule has 0 aliphatic rings. The predicted molar refractivity (Wildman–Crippen MR) is 435 cm³/mol. The molecule has 0 spiro atoms. The van der Waals surface area contributed by atoms with E-state index in [1.54, 1.807) is 0 Å². The summed E-state index contributed by atoms with van der Waals surface area (Å²) < 4.78 is 13.4. The summed E-state index contributed by atoms with van der Waals surface area (Å²) in [4.78, 5) is 46.6. The Morgan fingerprint density at radius 3 is 0.741 bits per heavy atom. The van der Waals surface area contributed by atoms with E-state index in [9.17, 15) is 0 Å². The zero-order valence-electron chi connectivity index (χ0n) is 60.2. The minimum Gasteiger partial charge on any atom is -0.292 e. The number of hydrogen-bond donors (Lipinski definition) is 0. The van der Waals surface area contributed by atoms with Gasteiger partial charge in [-0.1, -0.05) is 146 Å². The molecular formula is C93H69N15. The fourth-order valence-corrected chi connectivity index (χ4v) is 15.8. The fraction of sp³-hybridized carbons (Fsp3) is 0.0645. The van der Waals surface area contributed by atoms with E-state index in [4.69, 9.17) is 44.9 Å². The molecule has 11 aromatic carbocycles. The summed E-state index contributed by atoms with van der Waals surface area (Å²) in [5.74, 6) is 4.91. The molecule has 0 atom stereocenters. The monoisotopic (exact) mass is 1400 g/mol. The number of fused-ring (bicyclic) bond motifs is 6. The zero-order chi connectivity index (χ0) is 72.7. The Morgan fingerprint density at radius 2 is 0.454 bits per heavy atom. The minimum atomic E-state index is 0.759. The highest BCUT2D eigenvalue weighted by Gasteiger charge is 2.31. The molecule has 15 heteroatoms. The predicted octanol–water partition coefficient (Wildman–Crippen LogP) is 21.4. The molecule has 0 saturated heterocycles. The van der Waals surface area contributed by atoms with E-state index in [0.717, 1.165) is 202 Å². The van der Waals surface area contributed by atoms with Gasteiger partial charge in [-0.25, -0.2) is 44.9 Å². The van der Waals surface area contributed by atoms with Gasteiger partial charge in [-0.2, -0.15) is 0 Å². The van der Waals surface area contributed by atoms with Gasteiger partial charge >= 0.3 is 0 Å². The molecule has 0 aliphatic heterocycles. The highest BCUT2D eigenvalue weighted by molar-refractivity contribution is 5.96. The van der Waals surface area contributed by atoms with Crippen molar-refractivity contribution in [2.24, 2.45) is 0 Å². The fourth-order valence-electron chi connectivity index (χ4n) is 15.8. The number of imidazole rings is 6. The first-order valence-corrected chi connectivity index (χ1v) is 36.2. The summed E-state index contributed by atoms with van der Waals surface area (Å²) in [6.45, 7) is 13.1. The van der Waals surface area contributed by atoms with Crippen LogP contribution in [0.15, 0.2) is 310 Å². The lowest BCUT2D eigenvalue weighted by atomic mass is 9.86. The second-order valence-corrected chi connectivity index (χ2v) is 27.3. The number of benzene rings is 11. The maximum atomic E-state index is 5.44. The lowest BCUT2D eigenvalue weighted by molar-refractivity contribution is 1.05. The van der Waals surface area contributed by atoms with Gasteiger partial charge in [0, 0.05) is 69.0 Å². The van der Waals surface area contributed by atoms with Crippen molar-refractivity contribution >= 4 is 66.6 Å². The molecule has 0 bridgehead atoms. The maximum Gasteiger partial charge on any atom is 0.164 e. The van der Waals surface area contributed by atoms with Crippen molar-refractivity contribution in [3.05, 3.63) is 343 Å². The van der Waals surface area contributed by atoms with Gasteiger partial charge in [-0.3, -0.25) is 27.4 Å². The van der Waals surface area contributed by atoms with Gasteiger partial charge in [-0.05, 0) is 221 Å². The Bertz CT molecular complexity index is 6200. The van der Waals surface area contributed by atoms with Crippen LogP contribution >= 0.6 is 0 Å². The van der Waals surface area contributed by atoms with Gasteiger partial charge in [0.25, 0.3) is 0 Å². The molecule has 516 valence electrons. The molecular weight excluding hydrogens is 1330 g/mol. The highest BCUT2D eigenvalue weighted by atomic mass is 15.2. The van der Waals surface area contributed by atoms with E-state index < -0.39 is 0 Å². The van der Waals surface area contributed by atoms with Crippen LogP contribution in [-0.4, -0.2) is 72.3 Å². The van der Waals surface area contributed by atoms with Crippen LogP contribution in [0.2, 0.25) is 0 Å². The van der Waals surface area contributed by atoms with Crippen LogP contribution in [-0.2, 0) is 0 Å². The van der Waals surface area contributed by atoms with Gasteiger partial charge in [0.15, 0.2) is 16.9 Å². The highest BCUT2D eigenvalue weighted by Crippen LogP contribution is 2.47. The van der Waals surface area contributed by atoms with E-state index in [0.29, 0.717) is 0 Å². The van der Waals surface area contributed by atoms with E-state index in [1.165, 1.54) is 0 Å². The summed E-state index contributed by atoms with van der Waals surface area (Å²) in [6.07, 6.45) is 5.46. The van der Waals surface area contributed by atoms with Crippen LogP contribution in [0.1, 0.15) is 33.4 Å². The smallest absolute Gasteiger partial charge is 0.164 e. The SMILES string of the molecule is Cc1c(-c2nc3ccccc3n2-c2ccccc2)c(C)c(-c2nc3ccccc3n2-c2ccccc2)c(C)c1-c1nc2ccccc2n1-c1ccccc1.Cc1ccccc1-n1c(-c2cc(-c3nc4cccnc4n3-c3ccccc3C)cc(-c3nc4cccnc4n3-c3ccccc3C)c2)nc2cccnc21. The van der Waals surface area contributed by atoms with Crippen LogP contribution in [0.3, 0.4) is 0 Å². The zero-order valence-corrected chi connectivity index (χ0v) is 60.2. The molecule has 108 heavy (non-hydrogen) atoms. The Labute approximate surface area is 622 Å². The molecule has 0 fully saturated rings. The van der Waals surface area contributed by atoms with Crippen LogP contribution < -0.4 is 0 Å². The van der Waals surface area contributed by atoms with Crippen LogP contribution in [0.5, 0.6) is 0 Å². The standard InChI is InChI=1S/C48H36N6.C45H33N9/c1-31-43(46-49-37-25-13-16-28-40(37)52(46)34-19-7-4-8-20-34)32(2)45(48-51-39-27-15-18-30-42(39)54(48)36-23-11-6-12-24-36)33(3)44(31)47-50-38-26-14-17-29-41(38)53(47)35-21-9-5-10-22-35;1-28-13-4-7-19-37(28)52-40(49-34-16-10-22-46-43(34)52)31-25-32(41-50-35-17-11-23-47-44(35)53(41)38-20-8-5-14-29(38)2)27-33(26-31)42-51-36-18-12-24-48-45(36)54(42)39-21-9-6-15-30(39)3/h4-30H,1-3H3;4-27H,1-3H3. The topological polar surface area (TPSA) is 146 Å². The molecule has 0 radical (unpaired) electrons. The van der Waals surface area contributed by atoms with Crippen molar-refractivity contribution in [3.8, 4) is 102 Å². The summed E-state index contributed by atoms with van der Waals surface area (Å²) in [5, 5.41) is 0. The molecule has 20 rings (SSSR count). The van der Waals surface area contributed by atoms with Crippen molar-refractivity contribution in [1.29, 1.82) is 0 Å². The molecule has 15 nitrogen and oxygen atoms in total. The van der Waals surface area contributed by atoms with Crippen molar-refractivity contribution < 1.29 is 0 Å². The quantitative estimate of drug-likeness (QED) is 0.117. The average molecular weight is 1400 g/mol. The number of pyridine rings is 3. The Balaban J connectivity index is 0.000000147. The third-order valence-corrected chi connectivity index (χ3v) is 20.7. The third kappa shape index (κ3) is 10.8. The molecule has 0 saturated carbocycles. The number of nitrogens with zero attached hydrogens (tertiary/aromatic N) is 15. The van der Waals surface area contributed by atoms with Crippen molar-refractivity contribution in [3.63, 3.8) is 0 Å². The third-order valence-electron chi connectivity index (χ3n) is 20.7. The summed E-state index contributed by atoms with van der Waals surface area (Å²) in [7, 11) is 0. The first kappa shape index (κ1) is 64.5. The van der Waals surface area contributed by atoms with E-state index in [-0.39, 0.29) is 0 Å². The lowest BCUT2D eigenvalue weighted by Gasteiger charge is -2.24. The Morgan fingerprint density at radius 1 is 0.213 bits per heavy atom. The van der Waals surface area contributed by atoms with E-state index >= 15 is 0 Å². The van der Waals surface area contributed by atoms with Crippen LogP contribution in [0.4, 0.5) is 0 Å². The average Bonchev–Trinajstić information content (AvgIpc) is 1.51. The van der Waals surface area contributed by atoms with Crippen molar-refractivity contribution in [2.75, 3.05) is 0 Å². The lowest BCUT2D eigenvalue weighted by Crippen LogP contribution is -2.09.